The van der Waals surface area contributed by atoms with Crippen LogP contribution in [0.4, 0.5) is 5.82 Å². The average molecular weight is 295 g/mol. The molecule has 0 aliphatic rings. The summed E-state index contributed by atoms with van der Waals surface area (Å²) in [5.74, 6) is 6.86. The van der Waals surface area contributed by atoms with Gasteiger partial charge in [0.1, 0.15) is 16.7 Å². The van der Waals surface area contributed by atoms with Crippen LogP contribution in [0.5, 0.6) is 0 Å². The van der Waals surface area contributed by atoms with Crippen LogP contribution >= 0.6 is 23.4 Å². The van der Waals surface area contributed by atoms with Crippen molar-refractivity contribution in [2.45, 2.75) is 29.7 Å². The topological polar surface area (TPSA) is 63.8 Å². The lowest BCUT2D eigenvalue weighted by Crippen LogP contribution is -2.10. The van der Waals surface area contributed by atoms with Gasteiger partial charge in [0.15, 0.2) is 0 Å². The molecule has 0 aliphatic carbocycles. The van der Waals surface area contributed by atoms with Crippen molar-refractivity contribution in [3.8, 4) is 0 Å². The summed E-state index contributed by atoms with van der Waals surface area (Å²) < 4.78 is 0. The minimum atomic E-state index is 0.634. The van der Waals surface area contributed by atoms with E-state index in [-0.39, 0.29) is 0 Å². The normalized spacial score (nSPS) is 10.5. The van der Waals surface area contributed by atoms with E-state index >= 15 is 0 Å². The molecule has 0 saturated carbocycles. The van der Waals surface area contributed by atoms with Gasteiger partial charge in [-0.25, -0.2) is 15.8 Å². The molecule has 0 amide bonds. The van der Waals surface area contributed by atoms with E-state index in [4.69, 9.17) is 17.4 Å². The molecule has 19 heavy (non-hydrogen) atoms. The van der Waals surface area contributed by atoms with E-state index in [0.29, 0.717) is 5.82 Å². The Hall–Kier alpha value is -1.30. The van der Waals surface area contributed by atoms with E-state index in [1.807, 2.05) is 30.3 Å². The van der Waals surface area contributed by atoms with Crippen LogP contribution in [-0.2, 0) is 6.42 Å². The molecule has 1 aromatic carbocycles. The average Bonchev–Trinajstić information content (AvgIpc) is 2.41. The fourth-order valence-electron chi connectivity index (χ4n) is 1.56. The molecular weight excluding hydrogens is 280 g/mol. The van der Waals surface area contributed by atoms with Crippen molar-refractivity contribution < 1.29 is 0 Å². The van der Waals surface area contributed by atoms with Crippen LogP contribution in [0.1, 0.15) is 19.2 Å². The molecule has 6 heteroatoms. The number of aromatic nitrogens is 2. The number of benzene rings is 1. The van der Waals surface area contributed by atoms with Crippen molar-refractivity contribution in [1.82, 2.24) is 9.97 Å². The third-order valence-corrected chi connectivity index (χ3v) is 3.58. The molecule has 0 spiro atoms. The lowest BCUT2D eigenvalue weighted by atomic mass is 10.3. The molecule has 2 aromatic rings. The summed E-state index contributed by atoms with van der Waals surface area (Å²) in [6.07, 6.45) is 1.84. The number of hydrazine groups is 1. The van der Waals surface area contributed by atoms with Crippen LogP contribution in [0.15, 0.2) is 40.3 Å². The number of nitrogens with one attached hydrogen (secondary N) is 1. The third kappa shape index (κ3) is 4.09. The Balaban J connectivity index is 2.23. The van der Waals surface area contributed by atoms with Crippen molar-refractivity contribution >= 4 is 29.2 Å². The van der Waals surface area contributed by atoms with E-state index in [0.717, 1.165) is 33.6 Å². The zero-order valence-corrected chi connectivity index (χ0v) is 12.1. The molecule has 0 unspecified atom stereocenters. The number of halogens is 1. The maximum atomic E-state index is 5.87. The second kappa shape index (κ2) is 6.75. The Bertz CT molecular complexity index is 545. The first kappa shape index (κ1) is 14.1. The van der Waals surface area contributed by atoms with E-state index in [9.17, 15) is 0 Å². The Morgan fingerprint density at radius 1 is 1.26 bits per heavy atom. The number of rotatable bonds is 5. The fourth-order valence-corrected chi connectivity index (χ4v) is 2.52. The second-order valence-electron chi connectivity index (χ2n) is 3.96. The van der Waals surface area contributed by atoms with Gasteiger partial charge < -0.3 is 5.43 Å². The zero-order chi connectivity index (χ0) is 13.7. The summed E-state index contributed by atoms with van der Waals surface area (Å²) in [5.41, 5.74) is 2.58. The van der Waals surface area contributed by atoms with E-state index in [1.54, 1.807) is 11.8 Å². The van der Waals surface area contributed by atoms with Crippen molar-refractivity contribution in [2.75, 3.05) is 5.43 Å². The highest BCUT2D eigenvalue weighted by Crippen LogP contribution is 2.28. The number of hydrogen-bond acceptors (Lipinski definition) is 5. The van der Waals surface area contributed by atoms with Gasteiger partial charge in [-0.1, -0.05) is 30.3 Å². The number of aryl methyl sites for hydroxylation is 1. The molecule has 1 heterocycles. The van der Waals surface area contributed by atoms with Gasteiger partial charge in [-0.3, -0.25) is 0 Å². The lowest BCUT2D eigenvalue weighted by Gasteiger charge is -2.07. The minimum Gasteiger partial charge on any atom is -0.308 e. The van der Waals surface area contributed by atoms with Gasteiger partial charge in [0, 0.05) is 22.4 Å². The predicted octanol–water partition coefficient (Wildman–Crippen LogP) is 3.52. The number of nitrogen functional groups attached to an aromatic ring is 1. The molecule has 4 nitrogen and oxygen atoms in total. The van der Waals surface area contributed by atoms with Crippen LogP contribution < -0.4 is 11.3 Å². The fraction of sp³-hybridized carbons (Fsp3) is 0.231. The van der Waals surface area contributed by atoms with E-state index in [2.05, 4.69) is 22.3 Å². The molecule has 0 atom stereocenters. The van der Waals surface area contributed by atoms with Crippen LogP contribution in [0.3, 0.4) is 0 Å². The molecule has 3 N–H and O–H groups in total. The number of hydrogen-bond donors (Lipinski definition) is 2. The van der Waals surface area contributed by atoms with E-state index in [1.165, 1.54) is 0 Å². The SMILES string of the molecule is CCCc1nc(NN)cc(Sc2ccc(Cl)cc2)n1. The van der Waals surface area contributed by atoms with Crippen molar-refractivity contribution in [3.63, 3.8) is 0 Å². The Morgan fingerprint density at radius 3 is 2.63 bits per heavy atom. The molecule has 0 aliphatic heterocycles. The Kier molecular flexibility index (Phi) is 5.01. The Labute approximate surface area is 121 Å². The second-order valence-corrected chi connectivity index (χ2v) is 5.49. The molecule has 1 aromatic heterocycles. The molecule has 0 fully saturated rings. The maximum Gasteiger partial charge on any atom is 0.144 e. The quantitative estimate of drug-likeness (QED) is 0.502. The zero-order valence-electron chi connectivity index (χ0n) is 10.6. The molecule has 100 valence electrons. The highest BCUT2D eigenvalue weighted by Gasteiger charge is 2.05. The maximum absolute atomic E-state index is 5.87. The smallest absolute Gasteiger partial charge is 0.144 e. The number of nitrogens with two attached hydrogens (primary N) is 1. The summed E-state index contributed by atoms with van der Waals surface area (Å²) in [6.45, 7) is 2.10. The molecule has 0 bridgehead atoms. The predicted molar refractivity (Wildman–Crippen MR) is 79.4 cm³/mol. The largest absolute Gasteiger partial charge is 0.308 e. The minimum absolute atomic E-state index is 0.634. The van der Waals surface area contributed by atoms with Gasteiger partial charge in [-0.2, -0.15) is 0 Å². The third-order valence-electron chi connectivity index (χ3n) is 2.41. The molecule has 2 rings (SSSR count). The summed E-state index contributed by atoms with van der Waals surface area (Å²) in [7, 11) is 0. The first-order valence-corrected chi connectivity index (χ1v) is 7.18. The lowest BCUT2D eigenvalue weighted by molar-refractivity contribution is 0.810. The van der Waals surface area contributed by atoms with Crippen LogP contribution in [0, 0.1) is 0 Å². The highest BCUT2D eigenvalue weighted by molar-refractivity contribution is 7.99. The van der Waals surface area contributed by atoms with E-state index < -0.39 is 0 Å². The first-order chi connectivity index (χ1) is 9.21. The Morgan fingerprint density at radius 2 is 2.00 bits per heavy atom. The number of anilines is 1. The number of nitrogens with zero attached hydrogens (tertiary/aromatic N) is 2. The van der Waals surface area contributed by atoms with Gasteiger partial charge in [0.25, 0.3) is 0 Å². The van der Waals surface area contributed by atoms with Gasteiger partial charge in [0.05, 0.1) is 0 Å². The van der Waals surface area contributed by atoms with Crippen molar-refractivity contribution in [2.24, 2.45) is 5.84 Å². The van der Waals surface area contributed by atoms with Crippen molar-refractivity contribution in [1.29, 1.82) is 0 Å². The summed E-state index contributed by atoms with van der Waals surface area (Å²) >= 11 is 7.43. The van der Waals surface area contributed by atoms with Crippen LogP contribution in [0.2, 0.25) is 5.02 Å². The molecule has 0 saturated heterocycles. The van der Waals surface area contributed by atoms with Gasteiger partial charge in [0.2, 0.25) is 0 Å². The summed E-state index contributed by atoms with van der Waals surface area (Å²) in [5, 5.41) is 1.59. The van der Waals surface area contributed by atoms with Crippen molar-refractivity contribution in [3.05, 3.63) is 41.2 Å². The highest BCUT2D eigenvalue weighted by atomic mass is 35.5. The standard InChI is InChI=1S/C13H15ClN4S/c1-2-3-11-16-12(18-15)8-13(17-11)19-10-6-4-9(14)5-7-10/h4-8H,2-3,15H2,1H3,(H,16,17,18). The molecule has 0 radical (unpaired) electrons. The van der Waals surface area contributed by atoms with Gasteiger partial charge in [-0.15, -0.1) is 0 Å². The van der Waals surface area contributed by atoms with Crippen LogP contribution in [-0.4, -0.2) is 9.97 Å². The monoisotopic (exact) mass is 294 g/mol. The first-order valence-electron chi connectivity index (χ1n) is 5.99. The summed E-state index contributed by atoms with van der Waals surface area (Å²) in [6, 6.07) is 9.48. The van der Waals surface area contributed by atoms with Gasteiger partial charge >= 0.3 is 0 Å². The molecular formula is C13H15ClN4S. The van der Waals surface area contributed by atoms with Crippen LogP contribution in [0.25, 0.3) is 0 Å². The van der Waals surface area contributed by atoms with Gasteiger partial charge in [-0.05, 0) is 30.7 Å². The summed E-state index contributed by atoms with van der Waals surface area (Å²) in [4.78, 5) is 9.91.